The molecule has 2 heterocycles. The van der Waals surface area contributed by atoms with Crippen LogP contribution in [0.1, 0.15) is 29.4 Å². The molecule has 2 aromatic rings. The topological polar surface area (TPSA) is 66.9 Å². The number of nitrogens with one attached hydrogen (secondary N) is 2. The van der Waals surface area contributed by atoms with Crippen molar-refractivity contribution in [2.75, 3.05) is 11.9 Å². The lowest BCUT2D eigenvalue weighted by Crippen LogP contribution is -2.23. The van der Waals surface area contributed by atoms with Crippen molar-refractivity contribution in [2.24, 2.45) is 0 Å². The maximum atomic E-state index is 12.1. The number of pyridine rings is 1. The van der Waals surface area contributed by atoms with Gasteiger partial charge in [-0.15, -0.1) is 11.3 Å². The SMILES string of the molecule is CCCNc1cc(C(=O)NCc2cscn2)cc(Cl)n1. The molecule has 2 aromatic heterocycles. The van der Waals surface area contributed by atoms with Crippen LogP contribution in [0.4, 0.5) is 5.82 Å². The Morgan fingerprint density at radius 2 is 2.30 bits per heavy atom. The molecule has 0 aromatic carbocycles. The molecule has 2 N–H and O–H groups in total. The number of carbonyl (C=O) groups excluding carboxylic acids is 1. The van der Waals surface area contributed by atoms with Gasteiger partial charge < -0.3 is 10.6 Å². The van der Waals surface area contributed by atoms with Crippen molar-refractivity contribution in [1.82, 2.24) is 15.3 Å². The first-order valence-electron chi connectivity index (χ1n) is 6.25. The van der Waals surface area contributed by atoms with Crippen LogP contribution < -0.4 is 10.6 Å². The zero-order valence-corrected chi connectivity index (χ0v) is 12.6. The van der Waals surface area contributed by atoms with Gasteiger partial charge in [0.1, 0.15) is 11.0 Å². The highest BCUT2D eigenvalue weighted by atomic mass is 35.5. The molecule has 0 fully saturated rings. The van der Waals surface area contributed by atoms with E-state index in [-0.39, 0.29) is 5.91 Å². The summed E-state index contributed by atoms with van der Waals surface area (Å²) in [7, 11) is 0. The molecule has 1 amide bonds. The summed E-state index contributed by atoms with van der Waals surface area (Å²) in [5.41, 5.74) is 3.06. The highest BCUT2D eigenvalue weighted by Gasteiger charge is 2.09. The van der Waals surface area contributed by atoms with Gasteiger partial charge in [-0.1, -0.05) is 18.5 Å². The van der Waals surface area contributed by atoms with Gasteiger partial charge in [-0.3, -0.25) is 4.79 Å². The summed E-state index contributed by atoms with van der Waals surface area (Å²) >= 11 is 7.43. The Balaban J connectivity index is 2.02. The highest BCUT2D eigenvalue weighted by Crippen LogP contribution is 2.15. The van der Waals surface area contributed by atoms with Crippen LogP contribution in [0, 0.1) is 0 Å². The van der Waals surface area contributed by atoms with Gasteiger partial charge in [-0.05, 0) is 18.6 Å². The molecule has 0 spiro atoms. The molecular weight excluding hydrogens is 296 g/mol. The van der Waals surface area contributed by atoms with Crippen LogP contribution in [-0.2, 0) is 6.54 Å². The molecule has 0 aliphatic heterocycles. The molecule has 20 heavy (non-hydrogen) atoms. The van der Waals surface area contributed by atoms with E-state index < -0.39 is 0 Å². The zero-order chi connectivity index (χ0) is 14.4. The summed E-state index contributed by atoms with van der Waals surface area (Å²) < 4.78 is 0. The Kier molecular flexibility index (Phi) is 5.31. The Hall–Kier alpha value is -1.66. The molecule has 0 atom stereocenters. The Bertz CT molecular complexity index is 574. The molecule has 106 valence electrons. The molecule has 7 heteroatoms. The van der Waals surface area contributed by atoms with Gasteiger partial charge >= 0.3 is 0 Å². The lowest BCUT2D eigenvalue weighted by Gasteiger charge is -2.08. The van der Waals surface area contributed by atoms with Crippen LogP contribution in [0.2, 0.25) is 5.15 Å². The van der Waals surface area contributed by atoms with Gasteiger partial charge in [0.2, 0.25) is 0 Å². The number of hydrogen-bond acceptors (Lipinski definition) is 5. The number of amides is 1. The van der Waals surface area contributed by atoms with Crippen LogP contribution in [0.5, 0.6) is 0 Å². The minimum absolute atomic E-state index is 0.193. The van der Waals surface area contributed by atoms with E-state index in [1.165, 1.54) is 11.3 Å². The number of hydrogen-bond donors (Lipinski definition) is 2. The number of nitrogens with zero attached hydrogens (tertiary/aromatic N) is 2. The fourth-order valence-electron chi connectivity index (χ4n) is 1.57. The van der Waals surface area contributed by atoms with Crippen LogP contribution in [-0.4, -0.2) is 22.4 Å². The lowest BCUT2D eigenvalue weighted by atomic mass is 10.2. The van der Waals surface area contributed by atoms with E-state index in [1.54, 1.807) is 17.6 Å². The van der Waals surface area contributed by atoms with Crippen molar-refractivity contribution in [3.8, 4) is 0 Å². The van der Waals surface area contributed by atoms with E-state index in [1.807, 2.05) is 5.38 Å². The maximum absolute atomic E-state index is 12.1. The fourth-order valence-corrected chi connectivity index (χ4v) is 2.34. The first kappa shape index (κ1) is 14.7. The van der Waals surface area contributed by atoms with Gasteiger partial charge in [0, 0.05) is 17.5 Å². The van der Waals surface area contributed by atoms with E-state index in [9.17, 15) is 4.79 Å². The summed E-state index contributed by atoms with van der Waals surface area (Å²) in [6.45, 7) is 3.24. The molecule has 2 rings (SSSR count). The predicted molar refractivity (Wildman–Crippen MR) is 81.3 cm³/mol. The summed E-state index contributed by atoms with van der Waals surface area (Å²) in [4.78, 5) is 20.3. The number of thiazole rings is 1. The Morgan fingerprint density at radius 3 is 3.00 bits per heavy atom. The van der Waals surface area contributed by atoms with Crippen molar-refractivity contribution < 1.29 is 4.79 Å². The second-order valence-electron chi connectivity index (χ2n) is 4.15. The van der Waals surface area contributed by atoms with Crippen molar-refractivity contribution in [3.63, 3.8) is 0 Å². The van der Waals surface area contributed by atoms with Crippen LogP contribution >= 0.6 is 22.9 Å². The smallest absolute Gasteiger partial charge is 0.251 e. The monoisotopic (exact) mass is 310 g/mol. The predicted octanol–water partition coefficient (Wildman–Crippen LogP) is 2.94. The maximum Gasteiger partial charge on any atom is 0.251 e. The van der Waals surface area contributed by atoms with E-state index >= 15 is 0 Å². The second-order valence-corrected chi connectivity index (χ2v) is 5.26. The molecule has 0 unspecified atom stereocenters. The third-order valence-electron chi connectivity index (χ3n) is 2.53. The van der Waals surface area contributed by atoms with Gasteiger partial charge in [-0.2, -0.15) is 0 Å². The quantitative estimate of drug-likeness (QED) is 0.805. The standard InChI is InChI=1S/C13H15ClN4OS/c1-2-3-15-12-5-9(4-11(14)18-12)13(19)16-6-10-7-20-8-17-10/h4-5,7-8H,2-3,6H2,1H3,(H,15,18)(H,16,19). The Labute approximate surface area is 126 Å². The summed E-state index contributed by atoms with van der Waals surface area (Å²) in [6, 6.07) is 3.24. The first-order valence-corrected chi connectivity index (χ1v) is 7.58. The zero-order valence-electron chi connectivity index (χ0n) is 11.0. The second kappa shape index (κ2) is 7.21. The van der Waals surface area contributed by atoms with Crippen LogP contribution in [0.3, 0.4) is 0 Å². The molecule has 0 aliphatic rings. The first-order chi connectivity index (χ1) is 9.69. The van der Waals surface area contributed by atoms with Gasteiger partial charge in [0.05, 0.1) is 17.7 Å². The Morgan fingerprint density at radius 1 is 1.45 bits per heavy atom. The molecule has 0 saturated heterocycles. The number of halogens is 1. The van der Waals surface area contributed by atoms with Crippen molar-refractivity contribution in [2.45, 2.75) is 19.9 Å². The van der Waals surface area contributed by atoms with Crippen molar-refractivity contribution >= 4 is 34.7 Å². The summed E-state index contributed by atoms with van der Waals surface area (Å²) in [5.74, 6) is 0.417. The minimum Gasteiger partial charge on any atom is -0.370 e. The van der Waals surface area contributed by atoms with Gasteiger partial charge in [-0.25, -0.2) is 9.97 Å². The van der Waals surface area contributed by atoms with E-state index in [4.69, 9.17) is 11.6 Å². The molecule has 0 radical (unpaired) electrons. The molecular formula is C13H15ClN4OS. The van der Waals surface area contributed by atoms with E-state index in [0.717, 1.165) is 18.7 Å². The average molecular weight is 311 g/mol. The summed E-state index contributed by atoms with van der Waals surface area (Å²) in [6.07, 6.45) is 0.972. The highest BCUT2D eigenvalue weighted by molar-refractivity contribution is 7.07. The number of rotatable bonds is 6. The number of carbonyl (C=O) groups is 1. The fraction of sp³-hybridized carbons (Fsp3) is 0.308. The van der Waals surface area contributed by atoms with Crippen molar-refractivity contribution in [1.29, 1.82) is 0 Å². The van der Waals surface area contributed by atoms with Gasteiger partial charge in [0.15, 0.2) is 0 Å². The molecule has 5 nitrogen and oxygen atoms in total. The number of aromatic nitrogens is 2. The van der Waals surface area contributed by atoms with Crippen LogP contribution in [0.25, 0.3) is 0 Å². The third kappa shape index (κ3) is 4.18. The normalized spacial score (nSPS) is 10.3. The van der Waals surface area contributed by atoms with E-state index in [0.29, 0.717) is 23.1 Å². The minimum atomic E-state index is -0.193. The van der Waals surface area contributed by atoms with E-state index in [2.05, 4.69) is 27.5 Å². The van der Waals surface area contributed by atoms with Gasteiger partial charge in [0.25, 0.3) is 5.91 Å². The molecule has 0 aliphatic carbocycles. The summed E-state index contributed by atoms with van der Waals surface area (Å²) in [5, 5.41) is 8.11. The lowest BCUT2D eigenvalue weighted by molar-refractivity contribution is 0.0950. The largest absolute Gasteiger partial charge is 0.370 e. The van der Waals surface area contributed by atoms with Crippen molar-refractivity contribution in [3.05, 3.63) is 39.4 Å². The number of anilines is 1. The average Bonchev–Trinajstić information content (AvgIpc) is 2.95. The third-order valence-corrected chi connectivity index (χ3v) is 3.35. The molecule has 0 saturated carbocycles. The van der Waals surface area contributed by atoms with Crippen LogP contribution in [0.15, 0.2) is 23.0 Å². The molecule has 0 bridgehead atoms.